The molecule has 2 aliphatic heterocycles. The van der Waals surface area contributed by atoms with E-state index in [0.29, 0.717) is 37.8 Å². The van der Waals surface area contributed by atoms with Crippen LogP contribution in [0.3, 0.4) is 0 Å². The lowest BCUT2D eigenvalue weighted by Crippen LogP contribution is -2.45. The molecule has 2 fully saturated rings. The first-order valence-corrected chi connectivity index (χ1v) is 12.0. The number of sulfonamides is 1. The summed E-state index contributed by atoms with van der Waals surface area (Å²) in [7, 11) is -0.628. The van der Waals surface area contributed by atoms with Gasteiger partial charge in [-0.05, 0) is 42.0 Å². The molecule has 0 aliphatic carbocycles. The number of benzene rings is 2. The molecule has 2 unspecified atom stereocenters. The zero-order valence-corrected chi connectivity index (χ0v) is 19.1. The molecule has 9 heteroatoms. The summed E-state index contributed by atoms with van der Waals surface area (Å²) in [6, 6.07) is 13.8. The average molecular weight is 461 g/mol. The Morgan fingerprint density at radius 1 is 0.906 bits per heavy atom. The van der Waals surface area contributed by atoms with Crippen molar-refractivity contribution in [3.8, 4) is 11.5 Å². The maximum absolute atomic E-state index is 13.4. The zero-order valence-electron chi connectivity index (χ0n) is 18.3. The van der Waals surface area contributed by atoms with Gasteiger partial charge in [0.05, 0.1) is 38.2 Å². The highest BCUT2D eigenvalue weighted by Gasteiger charge is 2.45. The predicted molar refractivity (Wildman–Crippen MR) is 118 cm³/mol. The molecule has 8 nitrogen and oxygen atoms in total. The van der Waals surface area contributed by atoms with Crippen LogP contribution >= 0.6 is 0 Å². The Bertz CT molecular complexity index is 1030. The van der Waals surface area contributed by atoms with Crippen LogP contribution in [0, 0.1) is 5.92 Å². The number of rotatable bonds is 6. The number of hydrogen-bond acceptors (Lipinski definition) is 6. The van der Waals surface area contributed by atoms with Crippen LogP contribution in [0.4, 0.5) is 0 Å². The summed E-state index contributed by atoms with van der Waals surface area (Å²) in [6.45, 7) is 2.42. The van der Waals surface area contributed by atoms with Crippen LogP contribution in [0.1, 0.15) is 11.5 Å². The van der Waals surface area contributed by atoms with E-state index in [2.05, 4.69) is 0 Å². The minimum atomic E-state index is -3.76. The third-order valence-electron chi connectivity index (χ3n) is 6.17. The van der Waals surface area contributed by atoms with Crippen molar-refractivity contribution in [1.82, 2.24) is 9.21 Å². The first-order valence-electron chi connectivity index (χ1n) is 10.6. The molecular formula is C23H28N2O6S. The number of carbonyl (C=O) groups excluding carboxylic acids is 1. The van der Waals surface area contributed by atoms with E-state index in [4.69, 9.17) is 14.2 Å². The van der Waals surface area contributed by atoms with E-state index in [9.17, 15) is 13.2 Å². The molecule has 2 aromatic carbocycles. The third kappa shape index (κ3) is 4.46. The van der Waals surface area contributed by atoms with E-state index in [1.165, 1.54) is 23.5 Å². The number of carbonyl (C=O) groups is 1. The molecule has 2 heterocycles. The molecule has 172 valence electrons. The fraction of sp³-hybridized carbons (Fsp3) is 0.435. The minimum Gasteiger partial charge on any atom is -0.497 e. The molecule has 0 aromatic heterocycles. The molecule has 2 aromatic rings. The molecule has 2 aliphatic rings. The van der Waals surface area contributed by atoms with Crippen LogP contribution in [-0.2, 0) is 19.6 Å². The highest BCUT2D eigenvalue weighted by atomic mass is 32.2. The van der Waals surface area contributed by atoms with Gasteiger partial charge in [-0.15, -0.1) is 0 Å². The Hall–Kier alpha value is -2.62. The van der Waals surface area contributed by atoms with Crippen molar-refractivity contribution in [2.45, 2.75) is 10.8 Å². The van der Waals surface area contributed by atoms with Crippen molar-refractivity contribution in [3.63, 3.8) is 0 Å². The first-order chi connectivity index (χ1) is 15.4. The SMILES string of the molecule is COc1ccc(C2CN(S(=O)(=O)c3ccc(OC)cc3)CC2C(=O)N2CCOCC2)cc1. The summed E-state index contributed by atoms with van der Waals surface area (Å²) in [5, 5.41) is 0. The van der Waals surface area contributed by atoms with Crippen molar-refractivity contribution < 1.29 is 27.4 Å². The summed E-state index contributed by atoms with van der Waals surface area (Å²) >= 11 is 0. The fourth-order valence-corrected chi connectivity index (χ4v) is 5.81. The Kier molecular flexibility index (Phi) is 6.68. The van der Waals surface area contributed by atoms with E-state index in [1.54, 1.807) is 24.1 Å². The highest BCUT2D eigenvalue weighted by Crippen LogP contribution is 2.37. The van der Waals surface area contributed by atoms with E-state index in [-0.39, 0.29) is 29.8 Å². The maximum atomic E-state index is 13.4. The van der Waals surface area contributed by atoms with Gasteiger partial charge in [0.2, 0.25) is 15.9 Å². The van der Waals surface area contributed by atoms with Crippen LogP contribution in [0.15, 0.2) is 53.4 Å². The van der Waals surface area contributed by atoms with Gasteiger partial charge in [-0.1, -0.05) is 12.1 Å². The summed E-state index contributed by atoms with van der Waals surface area (Å²) < 4.78 is 43.9. The standard InChI is InChI=1S/C23H28N2O6S/c1-29-18-5-3-17(4-6-18)21-15-25(16-22(21)23(26)24-11-13-31-14-12-24)32(27,28)20-9-7-19(30-2)8-10-20/h3-10,21-22H,11-16H2,1-2H3. The van der Waals surface area contributed by atoms with Crippen LogP contribution < -0.4 is 9.47 Å². The van der Waals surface area contributed by atoms with Crippen molar-refractivity contribution in [1.29, 1.82) is 0 Å². The Labute approximate surface area is 188 Å². The van der Waals surface area contributed by atoms with Crippen molar-refractivity contribution in [2.24, 2.45) is 5.92 Å². The molecule has 4 rings (SSSR count). The molecular weight excluding hydrogens is 432 g/mol. The van der Waals surface area contributed by atoms with Gasteiger partial charge in [0.1, 0.15) is 11.5 Å². The van der Waals surface area contributed by atoms with Crippen LogP contribution in [0.5, 0.6) is 11.5 Å². The van der Waals surface area contributed by atoms with Crippen LogP contribution in [0.25, 0.3) is 0 Å². The maximum Gasteiger partial charge on any atom is 0.243 e. The highest BCUT2D eigenvalue weighted by molar-refractivity contribution is 7.89. The lowest BCUT2D eigenvalue weighted by atomic mass is 9.88. The largest absolute Gasteiger partial charge is 0.497 e. The lowest BCUT2D eigenvalue weighted by Gasteiger charge is -2.31. The van der Waals surface area contributed by atoms with Gasteiger partial charge in [-0.25, -0.2) is 8.42 Å². The molecule has 32 heavy (non-hydrogen) atoms. The fourth-order valence-electron chi connectivity index (χ4n) is 4.32. The van der Waals surface area contributed by atoms with Gasteiger partial charge in [-0.2, -0.15) is 4.31 Å². The monoisotopic (exact) mass is 460 g/mol. The number of ether oxygens (including phenoxy) is 3. The molecule has 2 saturated heterocycles. The summed E-state index contributed by atoms with van der Waals surface area (Å²) in [5.41, 5.74) is 0.921. The van der Waals surface area contributed by atoms with Crippen LogP contribution in [-0.4, -0.2) is 77.1 Å². The van der Waals surface area contributed by atoms with E-state index in [1.807, 2.05) is 24.3 Å². The summed E-state index contributed by atoms with van der Waals surface area (Å²) in [5.74, 6) is 0.563. The van der Waals surface area contributed by atoms with Gasteiger partial charge in [0.25, 0.3) is 0 Å². The number of nitrogens with zero attached hydrogens (tertiary/aromatic N) is 2. The van der Waals surface area contributed by atoms with Crippen LogP contribution in [0.2, 0.25) is 0 Å². The van der Waals surface area contributed by atoms with Gasteiger partial charge in [0, 0.05) is 32.1 Å². The number of hydrogen-bond donors (Lipinski definition) is 0. The smallest absolute Gasteiger partial charge is 0.243 e. The second-order valence-electron chi connectivity index (χ2n) is 7.92. The molecule has 0 spiro atoms. The number of amides is 1. The lowest BCUT2D eigenvalue weighted by molar-refractivity contribution is -0.139. The quantitative estimate of drug-likeness (QED) is 0.655. The average Bonchev–Trinajstić information content (AvgIpc) is 3.30. The van der Waals surface area contributed by atoms with E-state index < -0.39 is 15.9 Å². The van der Waals surface area contributed by atoms with Crippen molar-refractivity contribution in [3.05, 3.63) is 54.1 Å². The second-order valence-corrected chi connectivity index (χ2v) is 9.86. The third-order valence-corrected chi connectivity index (χ3v) is 8.01. The summed E-state index contributed by atoms with van der Waals surface area (Å²) in [4.78, 5) is 15.4. The van der Waals surface area contributed by atoms with Gasteiger partial charge >= 0.3 is 0 Å². The van der Waals surface area contributed by atoms with Crippen molar-refractivity contribution >= 4 is 15.9 Å². The molecule has 0 N–H and O–H groups in total. The van der Waals surface area contributed by atoms with E-state index in [0.717, 1.165) is 5.56 Å². The Balaban J connectivity index is 1.63. The minimum absolute atomic E-state index is 0.0263. The number of methoxy groups -OCH3 is 2. The summed E-state index contributed by atoms with van der Waals surface area (Å²) in [6.07, 6.45) is 0. The molecule has 0 bridgehead atoms. The Morgan fingerprint density at radius 2 is 1.47 bits per heavy atom. The molecule has 2 atom stereocenters. The Morgan fingerprint density at radius 3 is 2.03 bits per heavy atom. The normalized spacial score (nSPS) is 22.0. The van der Waals surface area contributed by atoms with Gasteiger partial charge < -0.3 is 19.1 Å². The first kappa shape index (κ1) is 22.6. The topological polar surface area (TPSA) is 85.4 Å². The number of morpholine rings is 1. The second kappa shape index (κ2) is 9.48. The van der Waals surface area contributed by atoms with Gasteiger partial charge in [0.15, 0.2) is 0 Å². The zero-order chi connectivity index (χ0) is 22.7. The van der Waals surface area contributed by atoms with E-state index >= 15 is 0 Å². The van der Waals surface area contributed by atoms with Gasteiger partial charge in [-0.3, -0.25) is 4.79 Å². The van der Waals surface area contributed by atoms with Crippen molar-refractivity contribution in [2.75, 3.05) is 53.6 Å². The predicted octanol–water partition coefficient (Wildman–Crippen LogP) is 1.97. The molecule has 0 radical (unpaired) electrons. The molecule has 0 saturated carbocycles. The molecule has 1 amide bonds.